The molecule has 2 aromatic rings. The Morgan fingerprint density at radius 1 is 1.21 bits per heavy atom. The van der Waals surface area contributed by atoms with E-state index in [0.717, 1.165) is 40.9 Å². The molecule has 1 atom stereocenters. The number of aromatic nitrogens is 2. The summed E-state index contributed by atoms with van der Waals surface area (Å²) in [7, 11) is 0. The molecule has 0 saturated carbocycles. The van der Waals surface area contributed by atoms with Crippen molar-refractivity contribution in [2.45, 2.75) is 46.6 Å². The third-order valence-corrected chi connectivity index (χ3v) is 4.92. The molecular formula is C20H25N3O. The first-order valence-electron chi connectivity index (χ1n) is 8.69. The lowest BCUT2D eigenvalue weighted by Gasteiger charge is -2.18. The first kappa shape index (κ1) is 16.5. The molecule has 4 nitrogen and oxygen atoms in total. The highest BCUT2D eigenvalue weighted by atomic mass is 16.2. The van der Waals surface area contributed by atoms with Crippen molar-refractivity contribution in [3.05, 3.63) is 53.2 Å². The number of benzene rings is 1. The van der Waals surface area contributed by atoms with E-state index in [2.05, 4.69) is 36.4 Å². The van der Waals surface area contributed by atoms with E-state index in [1.165, 1.54) is 0 Å². The summed E-state index contributed by atoms with van der Waals surface area (Å²) in [4.78, 5) is 12.8. The Balaban J connectivity index is 1.77. The van der Waals surface area contributed by atoms with Gasteiger partial charge in [0.1, 0.15) is 5.82 Å². The van der Waals surface area contributed by atoms with Gasteiger partial charge in [-0.05, 0) is 37.8 Å². The Labute approximate surface area is 143 Å². The zero-order valence-electron chi connectivity index (χ0n) is 14.8. The molecule has 0 unspecified atom stereocenters. The first-order valence-corrected chi connectivity index (χ1v) is 8.69. The van der Waals surface area contributed by atoms with Crippen LogP contribution in [0.4, 0.5) is 5.82 Å². The molecule has 126 valence electrons. The molecule has 1 aliphatic carbocycles. The van der Waals surface area contributed by atoms with E-state index in [-0.39, 0.29) is 11.8 Å². The molecule has 0 aliphatic heterocycles. The lowest BCUT2D eigenvalue weighted by Crippen LogP contribution is -2.21. The molecule has 1 N–H and O–H groups in total. The van der Waals surface area contributed by atoms with Crippen molar-refractivity contribution in [1.29, 1.82) is 0 Å². The molecule has 0 spiro atoms. The SMILES string of the molecule is CCC(CC)n1ncc(C)c1NC(=O)[C@H]1C(C)=C1c1ccccc1. The number of nitrogens with zero attached hydrogens (tertiary/aromatic N) is 2. The molecule has 1 aromatic carbocycles. The van der Waals surface area contributed by atoms with Gasteiger partial charge in [0.15, 0.2) is 0 Å². The van der Waals surface area contributed by atoms with Gasteiger partial charge >= 0.3 is 0 Å². The van der Waals surface area contributed by atoms with E-state index in [1.54, 1.807) is 0 Å². The zero-order valence-corrected chi connectivity index (χ0v) is 14.8. The van der Waals surface area contributed by atoms with Gasteiger partial charge < -0.3 is 5.32 Å². The lowest BCUT2D eigenvalue weighted by atomic mass is 10.1. The summed E-state index contributed by atoms with van der Waals surface area (Å²) < 4.78 is 1.97. The Bertz CT molecular complexity index is 769. The number of amides is 1. The highest BCUT2D eigenvalue weighted by Crippen LogP contribution is 2.47. The standard InChI is InChI=1S/C20H25N3O/c1-5-16(6-2)23-19(13(3)12-21-23)22-20(24)18-14(4)17(18)15-10-8-7-9-11-15/h7-12,16,18H,5-6H2,1-4H3,(H,22,24)/t18-/m0/s1. The normalized spacial score (nSPS) is 16.6. The van der Waals surface area contributed by atoms with Crippen molar-refractivity contribution in [3.8, 4) is 0 Å². The van der Waals surface area contributed by atoms with E-state index in [4.69, 9.17) is 0 Å². The topological polar surface area (TPSA) is 46.9 Å². The average molecular weight is 323 g/mol. The predicted octanol–water partition coefficient (Wildman–Crippen LogP) is 4.59. The maximum absolute atomic E-state index is 12.8. The Kier molecular flexibility index (Phi) is 4.56. The van der Waals surface area contributed by atoms with Crippen LogP contribution >= 0.6 is 0 Å². The summed E-state index contributed by atoms with van der Waals surface area (Å²) >= 11 is 0. The van der Waals surface area contributed by atoms with Crippen LogP contribution in [0.5, 0.6) is 0 Å². The average Bonchev–Trinajstić information content (AvgIpc) is 3.16. The first-order chi connectivity index (χ1) is 11.6. The predicted molar refractivity (Wildman–Crippen MR) is 97.7 cm³/mol. The van der Waals surface area contributed by atoms with Gasteiger partial charge in [-0.3, -0.25) is 4.79 Å². The van der Waals surface area contributed by atoms with Crippen LogP contribution < -0.4 is 5.32 Å². The van der Waals surface area contributed by atoms with Gasteiger partial charge in [-0.1, -0.05) is 49.8 Å². The van der Waals surface area contributed by atoms with E-state index in [0.29, 0.717) is 6.04 Å². The highest BCUT2D eigenvalue weighted by molar-refractivity contribution is 6.11. The van der Waals surface area contributed by atoms with Crippen LogP contribution in [0.25, 0.3) is 5.57 Å². The molecule has 24 heavy (non-hydrogen) atoms. The minimum absolute atomic E-state index is 0.0437. The molecule has 1 amide bonds. The van der Waals surface area contributed by atoms with Crippen LogP contribution in [0.3, 0.4) is 0 Å². The van der Waals surface area contributed by atoms with Crippen molar-refractivity contribution in [3.63, 3.8) is 0 Å². The summed E-state index contributed by atoms with van der Waals surface area (Å²) in [5.74, 6) is 0.764. The molecule has 4 heteroatoms. The van der Waals surface area contributed by atoms with E-state index in [9.17, 15) is 4.79 Å². The lowest BCUT2D eigenvalue weighted by molar-refractivity contribution is -0.116. The minimum atomic E-state index is -0.114. The van der Waals surface area contributed by atoms with Gasteiger partial charge in [-0.2, -0.15) is 5.10 Å². The quantitative estimate of drug-likeness (QED) is 0.845. The number of hydrogen-bond donors (Lipinski definition) is 1. The third kappa shape index (κ3) is 2.88. The largest absolute Gasteiger partial charge is 0.310 e. The minimum Gasteiger partial charge on any atom is -0.310 e. The number of carbonyl (C=O) groups is 1. The number of carbonyl (C=O) groups excluding carboxylic acids is 1. The number of hydrogen-bond acceptors (Lipinski definition) is 2. The van der Waals surface area contributed by atoms with Gasteiger partial charge in [0.25, 0.3) is 0 Å². The Morgan fingerprint density at radius 2 is 1.88 bits per heavy atom. The summed E-state index contributed by atoms with van der Waals surface area (Å²) in [6.07, 6.45) is 3.83. The van der Waals surface area contributed by atoms with E-state index in [1.807, 2.05) is 42.9 Å². The van der Waals surface area contributed by atoms with Gasteiger partial charge in [0.2, 0.25) is 5.91 Å². The molecule has 0 radical (unpaired) electrons. The maximum Gasteiger partial charge on any atom is 0.237 e. The second-order valence-corrected chi connectivity index (χ2v) is 6.48. The molecule has 0 saturated heterocycles. The van der Waals surface area contributed by atoms with Gasteiger partial charge in [-0.25, -0.2) is 4.68 Å². The second-order valence-electron chi connectivity index (χ2n) is 6.48. The number of rotatable bonds is 6. The summed E-state index contributed by atoms with van der Waals surface area (Å²) in [6.45, 7) is 8.33. The summed E-state index contributed by atoms with van der Waals surface area (Å²) in [5.41, 5.74) is 4.46. The Hall–Kier alpha value is -2.36. The summed E-state index contributed by atoms with van der Waals surface area (Å²) in [5, 5.41) is 7.59. The number of anilines is 1. The van der Waals surface area contributed by atoms with E-state index < -0.39 is 0 Å². The van der Waals surface area contributed by atoms with Gasteiger partial charge in [-0.15, -0.1) is 0 Å². The van der Waals surface area contributed by atoms with Crippen LogP contribution in [0.2, 0.25) is 0 Å². The maximum atomic E-state index is 12.8. The molecule has 0 fully saturated rings. The van der Waals surface area contributed by atoms with Crippen LogP contribution in [-0.2, 0) is 4.79 Å². The van der Waals surface area contributed by atoms with Crippen molar-refractivity contribution >= 4 is 17.3 Å². The monoisotopic (exact) mass is 323 g/mol. The number of aryl methyl sites for hydroxylation is 1. The molecule has 1 heterocycles. The fourth-order valence-corrected chi connectivity index (χ4v) is 3.37. The van der Waals surface area contributed by atoms with Crippen molar-refractivity contribution in [2.75, 3.05) is 5.32 Å². The van der Waals surface area contributed by atoms with Crippen LogP contribution in [0, 0.1) is 12.8 Å². The van der Waals surface area contributed by atoms with Gasteiger partial charge in [0, 0.05) is 5.56 Å². The van der Waals surface area contributed by atoms with Crippen LogP contribution in [0.15, 0.2) is 42.1 Å². The molecular weight excluding hydrogens is 298 g/mol. The van der Waals surface area contributed by atoms with E-state index >= 15 is 0 Å². The second kappa shape index (κ2) is 6.63. The van der Waals surface area contributed by atoms with Gasteiger partial charge in [0.05, 0.1) is 18.2 Å². The highest BCUT2D eigenvalue weighted by Gasteiger charge is 2.40. The molecule has 1 aromatic heterocycles. The zero-order chi connectivity index (χ0) is 17.3. The summed E-state index contributed by atoms with van der Waals surface area (Å²) in [6, 6.07) is 10.5. The van der Waals surface area contributed by atoms with Crippen LogP contribution in [0.1, 0.15) is 50.8 Å². The molecule has 1 aliphatic rings. The fourth-order valence-electron chi connectivity index (χ4n) is 3.37. The van der Waals surface area contributed by atoms with Crippen LogP contribution in [-0.4, -0.2) is 15.7 Å². The Morgan fingerprint density at radius 3 is 2.50 bits per heavy atom. The van der Waals surface area contributed by atoms with Crippen molar-refractivity contribution in [1.82, 2.24) is 9.78 Å². The molecule has 0 bridgehead atoms. The third-order valence-electron chi connectivity index (χ3n) is 4.92. The van der Waals surface area contributed by atoms with Crippen molar-refractivity contribution in [2.24, 2.45) is 5.92 Å². The fraction of sp³-hybridized carbons (Fsp3) is 0.400. The molecule has 3 rings (SSSR count). The smallest absolute Gasteiger partial charge is 0.237 e. The number of nitrogens with one attached hydrogen (secondary N) is 1. The van der Waals surface area contributed by atoms with Crippen molar-refractivity contribution < 1.29 is 4.79 Å².